The topological polar surface area (TPSA) is 81.3 Å². The van der Waals surface area contributed by atoms with Crippen molar-refractivity contribution in [3.63, 3.8) is 0 Å². The Hall–Kier alpha value is -3.06. The lowest BCUT2D eigenvalue weighted by Crippen LogP contribution is -1.81. The molecule has 0 atom stereocenters. The molecule has 0 bridgehead atoms. The Morgan fingerprint density at radius 2 is 1.65 bits per heavy atom. The third-order valence-corrected chi connectivity index (χ3v) is 1.56. The molecule has 0 aromatic heterocycles. The van der Waals surface area contributed by atoms with E-state index in [4.69, 9.17) is 20.3 Å². The highest BCUT2D eigenvalue weighted by atomic mass is 16.6. The first-order valence-electron chi connectivity index (χ1n) is 5.51. The van der Waals surface area contributed by atoms with Gasteiger partial charge in [0.05, 0.1) is 6.07 Å². The molecule has 2 N–H and O–H groups in total. The number of hydrogen-bond donors (Lipinski definition) is 2. The molecule has 104 valence electrons. The summed E-state index contributed by atoms with van der Waals surface area (Å²) in [7, 11) is 0. The Morgan fingerprint density at radius 3 is 2.00 bits per heavy atom. The molecule has 1 rings (SSSR count). The molecule has 0 heterocycles. The molecular formula is C16H17NO3. The molecule has 0 aliphatic rings. The quantitative estimate of drug-likeness (QED) is 0.632. The zero-order chi connectivity index (χ0) is 15.6. The fraction of sp³-hybridized carbons (Fsp3) is 0. The first-order valence-corrected chi connectivity index (χ1v) is 5.51. The molecule has 0 fully saturated rings. The van der Waals surface area contributed by atoms with Crippen molar-refractivity contribution in [1.29, 1.82) is 5.26 Å². The lowest BCUT2D eigenvalue weighted by atomic mass is 10.2. The Morgan fingerprint density at radius 1 is 1.10 bits per heavy atom. The van der Waals surface area contributed by atoms with Crippen LogP contribution in [-0.4, -0.2) is 16.4 Å². The minimum Gasteiger partial charge on any atom is -0.450 e. The van der Waals surface area contributed by atoms with Gasteiger partial charge < -0.3 is 10.2 Å². The zero-order valence-corrected chi connectivity index (χ0v) is 11.0. The van der Waals surface area contributed by atoms with E-state index in [-0.39, 0.29) is 0 Å². The number of allylic oxidation sites excluding steroid dienone is 5. The lowest BCUT2D eigenvalue weighted by molar-refractivity contribution is 0.137. The number of carboxylic acid groups (broad SMARTS) is 2. The van der Waals surface area contributed by atoms with Crippen LogP contribution in [-0.2, 0) is 0 Å². The maximum atomic E-state index is 8.56. The predicted molar refractivity (Wildman–Crippen MR) is 81.3 cm³/mol. The zero-order valence-electron chi connectivity index (χ0n) is 11.0. The van der Waals surface area contributed by atoms with E-state index in [0.717, 1.165) is 0 Å². The van der Waals surface area contributed by atoms with Crippen LogP contribution in [0.4, 0.5) is 4.79 Å². The molecule has 1 aromatic rings. The monoisotopic (exact) mass is 271 g/mol. The number of benzene rings is 1. The molecule has 4 nitrogen and oxygen atoms in total. The second kappa shape index (κ2) is 15.9. The summed E-state index contributed by atoms with van der Waals surface area (Å²) >= 11 is 0. The SMILES string of the molecule is C=CC=CC=CC#N.C=Cc1ccccc1.O=C(O)O. The summed E-state index contributed by atoms with van der Waals surface area (Å²) in [6.45, 7) is 7.09. The van der Waals surface area contributed by atoms with E-state index in [9.17, 15) is 0 Å². The summed E-state index contributed by atoms with van der Waals surface area (Å²) in [5, 5.41) is 21.9. The highest BCUT2D eigenvalue weighted by Gasteiger charge is 1.75. The first-order chi connectivity index (χ1) is 9.58. The number of rotatable bonds is 3. The van der Waals surface area contributed by atoms with E-state index in [1.165, 1.54) is 11.6 Å². The summed E-state index contributed by atoms with van der Waals surface area (Å²) < 4.78 is 0. The second-order valence-electron chi connectivity index (χ2n) is 3.01. The van der Waals surface area contributed by atoms with Crippen LogP contribution in [0.5, 0.6) is 0 Å². The molecule has 0 spiro atoms. The van der Waals surface area contributed by atoms with Crippen molar-refractivity contribution in [3.05, 3.63) is 79.4 Å². The molecule has 4 heteroatoms. The molecule has 0 aliphatic heterocycles. The number of carbonyl (C=O) groups is 1. The molecule has 0 saturated carbocycles. The van der Waals surface area contributed by atoms with Gasteiger partial charge in [0.15, 0.2) is 0 Å². The van der Waals surface area contributed by atoms with Gasteiger partial charge in [0.2, 0.25) is 0 Å². The predicted octanol–water partition coefficient (Wildman–Crippen LogP) is 4.36. The summed E-state index contributed by atoms with van der Waals surface area (Å²) in [5.74, 6) is 0. The lowest BCUT2D eigenvalue weighted by Gasteiger charge is -1.85. The van der Waals surface area contributed by atoms with Crippen LogP contribution in [0.2, 0.25) is 0 Å². The minimum absolute atomic E-state index is 1.17. The number of hydrogen-bond acceptors (Lipinski definition) is 2. The molecule has 0 unspecified atom stereocenters. The van der Waals surface area contributed by atoms with E-state index in [1.54, 1.807) is 24.3 Å². The molecular weight excluding hydrogens is 254 g/mol. The van der Waals surface area contributed by atoms with Crippen LogP contribution in [0, 0.1) is 11.3 Å². The van der Waals surface area contributed by atoms with Gasteiger partial charge in [-0.05, 0) is 5.56 Å². The fourth-order valence-electron chi connectivity index (χ4n) is 0.830. The van der Waals surface area contributed by atoms with Crippen molar-refractivity contribution in [2.24, 2.45) is 0 Å². The molecule has 1 aromatic carbocycles. The van der Waals surface area contributed by atoms with Crippen molar-refractivity contribution in [2.75, 3.05) is 0 Å². The molecule has 0 saturated heterocycles. The van der Waals surface area contributed by atoms with Crippen molar-refractivity contribution in [3.8, 4) is 6.07 Å². The van der Waals surface area contributed by atoms with E-state index < -0.39 is 6.16 Å². The summed E-state index contributed by atoms with van der Waals surface area (Å²) in [4.78, 5) is 8.56. The molecule has 0 radical (unpaired) electrons. The van der Waals surface area contributed by atoms with Gasteiger partial charge in [0.1, 0.15) is 0 Å². The van der Waals surface area contributed by atoms with Gasteiger partial charge in [-0.2, -0.15) is 5.26 Å². The van der Waals surface area contributed by atoms with Gasteiger partial charge >= 0.3 is 6.16 Å². The third-order valence-electron chi connectivity index (χ3n) is 1.56. The van der Waals surface area contributed by atoms with Crippen LogP contribution in [0.1, 0.15) is 5.56 Å². The largest absolute Gasteiger partial charge is 0.503 e. The van der Waals surface area contributed by atoms with Crippen molar-refractivity contribution < 1.29 is 15.0 Å². The summed E-state index contributed by atoms with van der Waals surface area (Å²) in [5.41, 5.74) is 1.17. The standard InChI is InChI=1S/C8H8.C7H7N.CH2O3/c1-2-8-6-4-3-5-7-8;1-2-3-4-5-6-7-8;2-1(3)4/h2-7H,1H2;2-6H,1H2;(H2,2,3,4). The van der Waals surface area contributed by atoms with Crippen LogP contribution in [0.3, 0.4) is 0 Å². The van der Waals surface area contributed by atoms with Crippen LogP contribution in [0.15, 0.2) is 73.9 Å². The van der Waals surface area contributed by atoms with Crippen LogP contribution >= 0.6 is 0 Å². The number of nitriles is 1. The average Bonchev–Trinajstić information content (AvgIpc) is 2.45. The van der Waals surface area contributed by atoms with Gasteiger partial charge in [-0.3, -0.25) is 0 Å². The highest BCUT2D eigenvalue weighted by Crippen LogP contribution is 1.97. The van der Waals surface area contributed by atoms with Gasteiger partial charge in [-0.15, -0.1) is 0 Å². The van der Waals surface area contributed by atoms with E-state index in [1.807, 2.05) is 42.5 Å². The maximum absolute atomic E-state index is 8.56. The molecule has 0 aliphatic carbocycles. The Bertz CT molecular complexity index is 478. The van der Waals surface area contributed by atoms with Gasteiger partial charge in [-0.25, -0.2) is 4.79 Å². The Kier molecular flexibility index (Phi) is 15.4. The van der Waals surface area contributed by atoms with Crippen LogP contribution in [0.25, 0.3) is 6.08 Å². The van der Waals surface area contributed by atoms with Crippen molar-refractivity contribution in [2.45, 2.75) is 0 Å². The summed E-state index contributed by atoms with van der Waals surface area (Å²) in [6.07, 6.45) is 8.22. The maximum Gasteiger partial charge on any atom is 0.503 e. The number of nitrogens with zero attached hydrogens (tertiary/aromatic N) is 1. The molecule has 20 heavy (non-hydrogen) atoms. The van der Waals surface area contributed by atoms with Crippen molar-refractivity contribution >= 4 is 12.2 Å². The van der Waals surface area contributed by atoms with Gasteiger partial charge in [0, 0.05) is 6.08 Å². The van der Waals surface area contributed by atoms with E-state index in [0.29, 0.717) is 0 Å². The average molecular weight is 271 g/mol. The summed E-state index contributed by atoms with van der Waals surface area (Å²) in [6, 6.07) is 11.9. The van der Waals surface area contributed by atoms with E-state index in [2.05, 4.69) is 13.2 Å². The fourth-order valence-corrected chi connectivity index (χ4v) is 0.830. The van der Waals surface area contributed by atoms with E-state index >= 15 is 0 Å². The molecule has 0 amide bonds. The van der Waals surface area contributed by atoms with Gasteiger partial charge in [0.25, 0.3) is 0 Å². The third kappa shape index (κ3) is 20.4. The first kappa shape index (κ1) is 19.3. The highest BCUT2D eigenvalue weighted by molar-refractivity contribution is 5.53. The minimum atomic E-state index is -1.83. The van der Waals surface area contributed by atoms with Gasteiger partial charge in [-0.1, -0.05) is 73.9 Å². The van der Waals surface area contributed by atoms with Crippen molar-refractivity contribution in [1.82, 2.24) is 0 Å². The normalized spacial score (nSPS) is 8.55. The van der Waals surface area contributed by atoms with Crippen LogP contribution < -0.4 is 0 Å². The smallest absolute Gasteiger partial charge is 0.450 e. The Balaban J connectivity index is 0. The Labute approximate surface area is 118 Å². The second-order valence-corrected chi connectivity index (χ2v) is 3.01.